The Balaban J connectivity index is 2.25. The van der Waals surface area contributed by atoms with Crippen LogP contribution in [0.4, 0.5) is 5.69 Å². The number of nitrogens with zero attached hydrogens (tertiary/aromatic N) is 1. The molecule has 1 unspecified atom stereocenters. The molecule has 0 aromatic heterocycles. The number of hydrogen-bond donors (Lipinski definition) is 1. The van der Waals surface area contributed by atoms with Gasteiger partial charge in [0, 0.05) is 24.7 Å². The maximum atomic E-state index is 6.46. The van der Waals surface area contributed by atoms with Crippen molar-refractivity contribution in [2.45, 2.75) is 58.7 Å². The van der Waals surface area contributed by atoms with Gasteiger partial charge in [-0.1, -0.05) is 23.7 Å². The van der Waals surface area contributed by atoms with E-state index in [2.05, 4.69) is 44.0 Å². The normalized spacial score (nSPS) is 20.1. The van der Waals surface area contributed by atoms with E-state index in [4.69, 9.17) is 11.6 Å². The molecule has 19 heavy (non-hydrogen) atoms. The molecule has 1 aromatic rings. The van der Waals surface area contributed by atoms with Gasteiger partial charge in [-0.2, -0.15) is 0 Å². The summed E-state index contributed by atoms with van der Waals surface area (Å²) in [6.07, 6.45) is 2.52. The molecule has 3 heteroatoms. The minimum Gasteiger partial charge on any atom is -0.367 e. The second-order valence-corrected chi connectivity index (χ2v) is 6.94. The predicted octanol–water partition coefficient (Wildman–Crippen LogP) is 4.22. The van der Waals surface area contributed by atoms with Crippen LogP contribution in [0.5, 0.6) is 0 Å². The highest BCUT2D eigenvalue weighted by Gasteiger charge is 2.24. The van der Waals surface area contributed by atoms with E-state index in [9.17, 15) is 0 Å². The van der Waals surface area contributed by atoms with E-state index in [1.807, 2.05) is 12.1 Å². The molecule has 106 valence electrons. The summed E-state index contributed by atoms with van der Waals surface area (Å²) >= 11 is 6.46. The quantitative estimate of drug-likeness (QED) is 0.892. The molecule has 1 aliphatic rings. The van der Waals surface area contributed by atoms with Crippen molar-refractivity contribution in [1.82, 2.24) is 5.32 Å². The van der Waals surface area contributed by atoms with Gasteiger partial charge >= 0.3 is 0 Å². The third-order valence-corrected chi connectivity index (χ3v) is 4.02. The number of anilines is 1. The summed E-state index contributed by atoms with van der Waals surface area (Å²) in [5.74, 6) is 0. The molecule has 1 heterocycles. The first-order valence-electron chi connectivity index (χ1n) is 7.17. The van der Waals surface area contributed by atoms with E-state index in [1.165, 1.54) is 24.1 Å². The Morgan fingerprint density at radius 3 is 2.68 bits per heavy atom. The van der Waals surface area contributed by atoms with Crippen LogP contribution >= 0.6 is 11.6 Å². The maximum Gasteiger partial charge on any atom is 0.0643 e. The number of rotatable bonds is 3. The molecular formula is C16H25ClN2. The molecule has 1 saturated heterocycles. The van der Waals surface area contributed by atoms with Crippen molar-refractivity contribution < 1.29 is 0 Å². The van der Waals surface area contributed by atoms with Gasteiger partial charge in [-0.15, -0.1) is 0 Å². The summed E-state index contributed by atoms with van der Waals surface area (Å²) in [6, 6.07) is 6.83. The molecule has 1 aromatic carbocycles. The van der Waals surface area contributed by atoms with Crippen LogP contribution in [-0.2, 0) is 6.54 Å². The lowest BCUT2D eigenvalue weighted by Crippen LogP contribution is -2.36. The number of nitrogens with one attached hydrogen (secondary N) is 1. The fourth-order valence-corrected chi connectivity index (χ4v) is 2.95. The Hall–Kier alpha value is -0.730. The molecule has 2 rings (SSSR count). The zero-order valence-electron chi connectivity index (χ0n) is 12.5. The van der Waals surface area contributed by atoms with Crippen LogP contribution in [-0.4, -0.2) is 18.1 Å². The number of para-hydroxylation sites is 1. The summed E-state index contributed by atoms with van der Waals surface area (Å²) in [5, 5.41) is 4.44. The van der Waals surface area contributed by atoms with Crippen LogP contribution in [0, 0.1) is 0 Å². The van der Waals surface area contributed by atoms with E-state index in [0.29, 0.717) is 6.04 Å². The van der Waals surface area contributed by atoms with Crippen LogP contribution < -0.4 is 10.2 Å². The fourth-order valence-electron chi connectivity index (χ4n) is 2.65. The molecule has 1 N–H and O–H groups in total. The van der Waals surface area contributed by atoms with Gasteiger partial charge in [0.25, 0.3) is 0 Å². The van der Waals surface area contributed by atoms with Gasteiger partial charge in [0.05, 0.1) is 10.7 Å². The summed E-state index contributed by atoms with van der Waals surface area (Å²) < 4.78 is 0. The smallest absolute Gasteiger partial charge is 0.0643 e. The highest BCUT2D eigenvalue weighted by molar-refractivity contribution is 6.33. The molecular weight excluding hydrogens is 256 g/mol. The molecule has 1 atom stereocenters. The van der Waals surface area contributed by atoms with Gasteiger partial charge < -0.3 is 10.2 Å². The Kier molecular flexibility index (Phi) is 4.42. The van der Waals surface area contributed by atoms with Crippen molar-refractivity contribution in [1.29, 1.82) is 0 Å². The largest absolute Gasteiger partial charge is 0.367 e. The predicted molar refractivity (Wildman–Crippen MR) is 84.1 cm³/mol. The molecule has 0 bridgehead atoms. The van der Waals surface area contributed by atoms with E-state index >= 15 is 0 Å². The van der Waals surface area contributed by atoms with Gasteiger partial charge in [0.1, 0.15) is 0 Å². The lowest BCUT2D eigenvalue weighted by Gasteiger charge is -2.29. The highest BCUT2D eigenvalue weighted by atomic mass is 35.5. The maximum absolute atomic E-state index is 6.46. The Labute approximate surface area is 122 Å². The van der Waals surface area contributed by atoms with E-state index in [-0.39, 0.29) is 5.54 Å². The van der Waals surface area contributed by atoms with E-state index in [0.717, 1.165) is 18.1 Å². The van der Waals surface area contributed by atoms with Crippen LogP contribution in [0.1, 0.15) is 46.1 Å². The topological polar surface area (TPSA) is 15.3 Å². The number of halogens is 1. The first-order chi connectivity index (χ1) is 8.88. The Morgan fingerprint density at radius 1 is 1.37 bits per heavy atom. The van der Waals surface area contributed by atoms with Gasteiger partial charge in [0.15, 0.2) is 0 Å². The van der Waals surface area contributed by atoms with Crippen LogP contribution in [0.25, 0.3) is 0 Å². The van der Waals surface area contributed by atoms with Crippen molar-refractivity contribution in [2.24, 2.45) is 0 Å². The Morgan fingerprint density at radius 2 is 2.11 bits per heavy atom. The first-order valence-corrected chi connectivity index (χ1v) is 7.55. The SMILES string of the molecule is CC1CCCN1c1c(Cl)cccc1CNC(C)(C)C. The molecule has 1 fully saturated rings. The Bertz CT molecular complexity index is 437. The van der Waals surface area contributed by atoms with E-state index < -0.39 is 0 Å². The molecule has 0 saturated carbocycles. The monoisotopic (exact) mass is 280 g/mol. The lowest BCUT2D eigenvalue weighted by atomic mass is 10.1. The third kappa shape index (κ3) is 3.64. The second-order valence-electron chi connectivity index (χ2n) is 6.54. The second kappa shape index (κ2) is 5.72. The zero-order valence-corrected chi connectivity index (χ0v) is 13.2. The van der Waals surface area contributed by atoms with Crippen LogP contribution in [0.15, 0.2) is 18.2 Å². The minimum atomic E-state index is 0.121. The van der Waals surface area contributed by atoms with Gasteiger partial charge in [-0.3, -0.25) is 0 Å². The minimum absolute atomic E-state index is 0.121. The van der Waals surface area contributed by atoms with Gasteiger partial charge in [0.2, 0.25) is 0 Å². The van der Waals surface area contributed by atoms with Crippen LogP contribution in [0.3, 0.4) is 0 Å². The van der Waals surface area contributed by atoms with Crippen molar-refractivity contribution in [2.75, 3.05) is 11.4 Å². The molecule has 0 aliphatic carbocycles. The summed E-state index contributed by atoms with van der Waals surface area (Å²) in [7, 11) is 0. The summed E-state index contributed by atoms with van der Waals surface area (Å²) in [5.41, 5.74) is 2.65. The van der Waals surface area contributed by atoms with Crippen molar-refractivity contribution in [3.63, 3.8) is 0 Å². The number of hydrogen-bond acceptors (Lipinski definition) is 2. The van der Waals surface area contributed by atoms with Gasteiger partial charge in [-0.05, 0) is 52.2 Å². The summed E-state index contributed by atoms with van der Waals surface area (Å²) in [6.45, 7) is 10.8. The first kappa shape index (κ1) is 14.7. The van der Waals surface area contributed by atoms with Crippen molar-refractivity contribution in [3.8, 4) is 0 Å². The van der Waals surface area contributed by atoms with E-state index in [1.54, 1.807) is 0 Å². The molecule has 1 aliphatic heterocycles. The summed E-state index contributed by atoms with van der Waals surface area (Å²) in [4.78, 5) is 2.46. The lowest BCUT2D eigenvalue weighted by molar-refractivity contribution is 0.424. The fraction of sp³-hybridized carbons (Fsp3) is 0.625. The standard InChI is InChI=1S/C16H25ClN2/c1-12-7-6-10-19(12)15-13(8-5-9-14(15)17)11-18-16(2,3)4/h5,8-9,12,18H,6-7,10-11H2,1-4H3. The van der Waals surface area contributed by atoms with Gasteiger partial charge in [-0.25, -0.2) is 0 Å². The molecule has 2 nitrogen and oxygen atoms in total. The molecule has 0 radical (unpaired) electrons. The number of benzene rings is 1. The average molecular weight is 281 g/mol. The third-order valence-electron chi connectivity index (χ3n) is 3.72. The average Bonchev–Trinajstić information content (AvgIpc) is 2.72. The van der Waals surface area contributed by atoms with Crippen molar-refractivity contribution >= 4 is 17.3 Å². The zero-order chi connectivity index (χ0) is 14.0. The van der Waals surface area contributed by atoms with Crippen molar-refractivity contribution in [3.05, 3.63) is 28.8 Å². The molecule has 0 spiro atoms. The van der Waals surface area contributed by atoms with Crippen LogP contribution in [0.2, 0.25) is 5.02 Å². The highest BCUT2D eigenvalue weighted by Crippen LogP contribution is 2.35. The molecule has 0 amide bonds.